The molecular formula is C8H12BNO2. The largest absolute Gasteiger partial charge is 0.508 e. The van der Waals surface area contributed by atoms with Gasteiger partial charge in [0.1, 0.15) is 0 Å². The molecule has 0 aliphatic rings. The number of hydrogen-bond donors (Lipinski definition) is 2. The third kappa shape index (κ3) is 1.85. The molecule has 3 N–H and O–H groups in total. The highest BCUT2D eigenvalue weighted by molar-refractivity contribution is 6.60. The fraction of sp³-hybridized carbons (Fsp3) is 0.250. The molecule has 1 aromatic carbocycles. The highest BCUT2D eigenvalue weighted by Gasteiger charge is 2.16. The van der Waals surface area contributed by atoms with Gasteiger partial charge in [0, 0.05) is 0 Å². The van der Waals surface area contributed by atoms with Crippen LogP contribution in [0.1, 0.15) is 11.1 Å². The monoisotopic (exact) mass is 165 g/mol. The van der Waals surface area contributed by atoms with Crippen molar-refractivity contribution in [2.24, 2.45) is 5.90 Å². The molecule has 0 aromatic heterocycles. The van der Waals surface area contributed by atoms with Crippen molar-refractivity contribution in [3.8, 4) is 0 Å². The van der Waals surface area contributed by atoms with Crippen LogP contribution in [0.3, 0.4) is 0 Å². The Hall–Kier alpha value is -0.835. The fourth-order valence-electron chi connectivity index (χ4n) is 1.18. The lowest BCUT2D eigenvalue weighted by Gasteiger charge is -2.07. The van der Waals surface area contributed by atoms with Crippen LogP contribution in [0.2, 0.25) is 0 Å². The van der Waals surface area contributed by atoms with Crippen LogP contribution in [0.5, 0.6) is 0 Å². The van der Waals surface area contributed by atoms with Gasteiger partial charge >= 0.3 is 7.12 Å². The van der Waals surface area contributed by atoms with E-state index < -0.39 is 7.12 Å². The summed E-state index contributed by atoms with van der Waals surface area (Å²) in [6.45, 7) is 3.90. The SMILES string of the molecule is Cc1ccc(B(O)ON)c(C)c1. The van der Waals surface area contributed by atoms with E-state index in [-0.39, 0.29) is 0 Å². The number of benzene rings is 1. The van der Waals surface area contributed by atoms with Crippen molar-refractivity contribution in [1.29, 1.82) is 0 Å². The van der Waals surface area contributed by atoms with Crippen molar-refractivity contribution in [2.45, 2.75) is 13.8 Å². The van der Waals surface area contributed by atoms with E-state index >= 15 is 0 Å². The van der Waals surface area contributed by atoms with Crippen LogP contribution in [0.4, 0.5) is 0 Å². The van der Waals surface area contributed by atoms with Crippen molar-refractivity contribution in [3.05, 3.63) is 29.3 Å². The molecule has 0 fully saturated rings. The van der Waals surface area contributed by atoms with Gasteiger partial charge in [0.15, 0.2) is 0 Å². The summed E-state index contributed by atoms with van der Waals surface area (Å²) < 4.78 is 4.31. The molecule has 0 saturated carbocycles. The predicted molar refractivity (Wildman–Crippen MR) is 48.8 cm³/mol. The minimum Gasteiger partial charge on any atom is -0.422 e. The molecule has 1 aromatic rings. The first-order chi connectivity index (χ1) is 5.65. The van der Waals surface area contributed by atoms with E-state index in [1.54, 1.807) is 0 Å². The topological polar surface area (TPSA) is 55.5 Å². The lowest BCUT2D eigenvalue weighted by Crippen LogP contribution is -2.37. The van der Waals surface area contributed by atoms with Gasteiger partial charge in [0.05, 0.1) is 0 Å². The Balaban J connectivity index is 3.01. The fourth-order valence-corrected chi connectivity index (χ4v) is 1.18. The van der Waals surface area contributed by atoms with E-state index in [1.807, 2.05) is 32.0 Å². The maximum absolute atomic E-state index is 9.25. The lowest BCUT2D eigenvalue weighted by atomic mass is 9.77. The van der Waals surface area contributed by atoms with Crippen molar-refractivity contribution in [1.82, 2.24) is 0 Å². The zero-order valence-corrected chi connectivity index (χ0v) is 7.24. The van der Waals surface area contributed by atoms with E-state index in [0.717, 1.165) is 11.1 Å². The molecule has 1 rings (SSSR count). The van der Waals surface area contributed by atoms with Crippen LogP contribution < -0.4 is 11.4 Å². The average molecular weight is 165 g/mol. The van der Waals surface area contributed by atoms with E-state index in [9.17, 15) is 5.02 Å². The Bertz CT molecular complexity index is 278. The van der Waals surface area contributed by atoms with Crippen LogP contribution >= 0.6 is 0 Å². The maximum atomic E-state index is 9.25. The third-order valence-corrected chi connectivity index (χ3v) is 1.82. The van der Waals surface area contributed by atoms with E-state index in [2.05, 4.69) is 4.76 Å². The van der Waals surface area contributed by atoms with E-state index in [0.29, 0.717) is 5.46 Å². The van der Waals surface area contributed by atoms with E-state index in [1.165, 1.54) is 0 Å². The first kappa shape index (κ1) is 9.25. The van der Waals surface area contributed by atoms with Gasteiger partial charge in [0.25, 0.3) is 0 Å². The van der Waals surface area contributed by atoms with Crippen molar-refractivity contribution in [2.75, 3.05) is 0 Å². The van der Waals surface area contributed by atoms with Crippen LogP contribution in [-0.2, 0) is 4.76 Å². The third-order valence-electron chi connectivity index (χ3n) is 1.82. The van der Waals surface area contributed by atoms with Gasteiger partial charge in [-0.05, 0) is 19.3 Å². The Kier molecular flexibility index (Phi) is 2.86. The molecular weight excluding hydrogens is 153 g/mol. The van der Waals surface area contributed by atoms with Crippen LogP contribution in [-0.4, -0.2) is 12.1 Å². The van der Waals surface area contributed by atoms with Gasteiger partial charge in [-0.1, -0.05) is 29.3 Å². The van der Waals surface area contributed by atoms with Crippen molar-refractivity contribution in [3.63, 3.8) is 0 Å². The van der Waals surface area contributed by atoms with Crippen LogP contribution in [0.25, 0.3) is 0 Å². The van der Waals surface area contributed by atoms with Gasteiger partial charge in [-0.15, -0.1) is 0 Å². The minimum atomic E-state index is -1.02. The second-order valence-electron chi connectivity index (χ2n) is 2.85. The summed E-state index contributed by atoms with van der Waals surface area (Å²) in [6, 6.07) is 5.68. The normalized spacial score (nSPS) is 10.0. The van der Waals surface area contributed by atoms with Crippen LogP contribution in [0.15, 0.2) is 18.2 Å². The Morgan fingerprint density at radius 3 is 2.58 bits per heavy atom. The smallest absolute Gasteiger partial charge is 0.422 e. The minimum absolute atomic E-state index is 0.711. The molecule has 0 atom stereocenters. The molecule has 0 aliphatic heterocycles. The second-order valence-corrected chi connectivity index (χ2v) is 2.85. The van der Waals surface area contributed by atoms with Gasteiger partial charge in [0.2, 0.25) is 0 Å². The average Bonchev–Trinajstić information content (AvgIpc) is 2.03. The molecule has 4 heteroatoms. The van der Waals surface area contributed by atoms with Crippen molar-refractivity contribution >= 4 is 12.6 Å². The number of nitrogens with two attached hydrogens (primary N) is 1. The maximum Gasteiger partial charge on any atom is 0.508 e. The summed E-state index contributed by atoms with van der Waals surface area (Å²) >= 11 is 0. The van der Waals surface area contributed by atoms with Gasteiger partial charge in [-0.25, -0.2) is 5.90 Å². The summed E-state index contributed by atoms with van der Waals surface area (Å²) in [4.78, 5) is 0. The molecule has 0 radical (unpaired) electrons. The zero-order valence-electron chi connectivity index (χ0n) is 7.24. The number of rotatable bonds is 2. The molecule has 0 amide bonds. The van der Waals surface area contributed by atoms with Gasteiger partial charge in [-0.3, -0.25) is 0 Å². The summed E-state index contributed by atoms with van der Waals surface area (Å²) in [5.74, 6) is 4.86. The molecule has 12 heavy (non-hydrogen) atoms. The Labute approximate surface area is 72.3 Å². The predicted octanol–water partition coefficient (Wildman–Crippen LogP) is -0.119. The highest BCUT2D eigenvalue weighted by Crippen LogP contribution is 2.00. The summed E-state index contributed by atoms with van der Waals surface area (Å²) in [7, 11) is -1.02. The molecule has 0 saturated heterocycles. The van der Waals surface area contributed by atoms with E-state index in [4.69, 9.17) is 5.90 Å². The summed E-state index contributed by atoms with van der Waals surface area (Å²) in [6.07, 6.45) is 0. The number of aryl methyl sites for hydroxylation is 2. The molecule has 64 valence electrons. The Morgan fingerprint density at radius 1 is 1.42 bits per heavy atom. The first-order valence-corrected chi connectivity index (χ1v) is 3.76. The van der Waals surface area contributed by atoms with Gasteiger partial charge < -0.3 is 9.78 Å². The molecule has 0 unspecified atom stereocenters. The van der Waals surface area contributed by atoms with Gasteiger partial charge in [-0.2, -0.15) is 0 Å². The number of hydrogen-bond acceptors (Lipinski definition) is 3. The molecule has 0 spiro atoms. The Morgan fingerprint density at radius 2 is 2.08 bits per heavy atom. The van der Waals surface area contributed by atoms with Crippen molar-refractivity contribution < 1.29 is 9.78 Å². The second kappa shape index (κ2) is 3.71. The quantitative estimate of drug-likeness (QED) is 0.474. The molecule has 0 heterocycles. The molecule has 3 nitrogen and oxygen atoms in total. The zero-order chi connectivity index (χ0) is 9.14. The van der Waals surface area contributed by atoms with Crippen LogP contribution in [0, 0.1) is 13.8 Å². The lowest BCUT2D eigenvalue weighted by molar-refractivity contribution is 0.281. The first-order valence-electron chi connectivity index (χ1n) is 3.76. The highest BCUT2D eigenvalue weighted by atomic mass is 16.6. The summed E-state index contributed by atoms with van der Waals surface area (Å²) in [5, 5.41) is 9.25. The molecule has 0 aliphatic carbocycles. The molecule has 0 bridgehead atoms. The summed E-state index contributed by atoms with van der Waals surface area (Å²) in [5.41, 5.74) is 2.84. The standard InChI is InChI=1S/C8H12BNO2/c1-6-3-4-8(7(2)5-6)9(11)12-10/h3-5,11H,10H2,1-2H3.